The van der Waals surface area contributed by atoms with Gasteiger partial charge in [-0.2, -0.15) is 0 Å². The molecule has 0 radical (unpaired) electrons. The molecule has 0 unspecified atom stereocenters. The van der Waals surface area contributed by atoms with Crippen molar-refractivity contribution in [1.29, 1.82) is 0 Å². The third kappa shape index (κ3) is 4.31. The van der Waals surface area contributed by atoms with Crippen LogP contribution in [0.3, 0.4) is 0 Å². The fraction of sp³-hybridized carbons (Fsp3) is 0.0588. The maximum absolute atomic E-state index is 11.9. The van der Waals surface area contributed by atoms with Crippen LogP contribution >= 0.6 is 0 Å². The lowest BCUT2D eigenvalue weighted by molar-refractivity contribution is -0.115. The number of alkyl carbamates (subject to hydrolysis) is 1. The number of benzene rings is 2. The lowest BCUT2D eigenvalue weighted by Gasteiger charge is -2.08. The number of imide groups is 1. The van der Waals surface area contributed by atoms with E-state index < -0.39 is 12.0 Å². The highest BCUT2D eigenvalue weighted by atomic mass is 16.5. The molecular weight excluding hydrogens is 266 g/mol. The maximum Gasteiger partial charge on any atom is 0.414 e. The summed E-state index contributed by atoms with van der Waals surface area (Å²) in [7, 11) is 0. The van der Waals surface area contributed by atoms with Crippen LogP contribution in [-0.4, -0.2) is 12.0 Å². The van der Waals surface area contributed by atoms with Crippen LogP contribution in [0.2, 0.25) is 0 Å². The van der Waals surface area contributed by atoms with Crippen LogP contribution in [0.25, 0.3) is 5.57 Å². The topological polar surface area (TPSA) is 55.4 Å². The van der Waals surface area contributed by atoms with Crippen LogP contribution in [-0.2, 0) is 16.1 Å². The number of carbonyl (C=O) groups excluding carboxylic acids is 2. The Hall–Kier alpha value is -2.88. The number of amides is 2. The van der Waals surface area contributed by atoms with E-state index in [2.05, 4.69) is 11.9 Å². The van der Waals surface area contributed by atoms with Crippen molar-refractivity contribution in [3.05, 3.63) is 78.4 Å². The highest BCUT2D eigenvalue weighted by Crippen LogP contribution is 2.11. The summed E-state index contributed by atoms with van der Waals surface area (Å²) in [5, 5.41) is 2.15. The maximum atomic E-state index is 11.9. The Labute approximate surface area is 123 Å². The highest BCUT2D eigenvalue weighted by Gasteiger charge is 2.13. The van der Waals surface area contributed by atoms with Gasteiger partial charge >= 0.3 is 6.09 Å². The van der Waals surface area contributed by atoms with Gasteiger partial charge in [-0.15, -0.1) is 0 Å². The predicted octanol–water partition coefficient (Wildman–Crippen LogP) is 3.15. The fourth-order valence-corrected chi connectivity index (χ4v) is 1.70. The summed E-state index contributed by atoms with van der Waals surface area (Å²) in [6.07, 6.45) is -0.791. The largest absolute Gasteiger partial charge is 0.444 e. The van der Waals surface area contributed by atoms with Gasteiger partial charge in [0.2, 0.25) is 0 Å². The number of nitrogens with one attached hydrogen (secondary N) is 1. The Balaban J connectivity index is 1.85. The lowest BCUT2D eigenvalue weighted by Crippen LogP contribution is -2.31. The Bertz CT molecular complexity index is 636. The Morgan fingerprint density at radius 3 is 2.14 bits per heavy atom. The summed E-state index contributed by atoms with van der Waals surface area (Å²) in [6.45, 7) is 3.79. The molecular formula is C17H15NO3. The average molecular weight is 281 g/mol. The second-order valence-electron chi connectivity index (χ2n) is 4.36. The van der Waals surface area contributed by atoms with Gasteiger partial charge in [-0.05, 0) is 11.1 Å². The minimum absolute atomic E-state index is 0.109. The van der Waals surface area contributed by atoms with Gasteiger partial charge in [0.05, 0.1) is 0 Å². The molecule has 2 rings (SSSR count). The number of ether oxygens (including phenoxy) is 1. The molecule has 0 spiro atoms. The zero-order valence-electron chi connectivity index (χ0n) is 11.4. The van der Waals surface area contributed by atoms with Crippen molar-refractivity contribution < 1.29 is 14.3 Å². The van der Waals surface area contributed by atoms with Gasteiger partial charge in [0.15, 0.2) is 0 Å². The van der Waals surface area contributed by atoms with Crippen LogP contribution in [0.5, 0.6) is 0 Å². The molecule has 0 atom stereocenters. The molecule has 106 valence electrons. The first-order valence-corrected chi connectivity index (χ1v) is 6.43. The number of carbonyl (C=O) groups is 2. The molecule has 4 heteroatoms. The molecule has 0 saturated carbocycles. The molecule has 2 aromatic carbocycles. The molecule has 0 fully saturated rings. The summed E-state index contributed by atoms with van der Waals surface area (Å²) >= 11 is 0. The molecule has 0 bridgehead atoms. The number of hydrogen-bond acceptors (Lipinski definition) is 3. The van der Waals surface area contributed by atoms with Gasteiger partial charge in [0.25, 0.3) is 5.91 Å². The molecule has 2 amide bonds. The van der Waals surface area contributed by atoms with Gasteiger partial charge < -0.3 is 4.74 Å². The zero-order chi connectivity index (χ0) is 15.1. The first-order chi connectivity index (χ1) is 10.2. The van der Waals surface area contributed by atoms with E-state index in [1.807, 2.05) is 36.4 Å². The quantitative estimate of drug-likeness (QED) is 0.876. The second kappa shape index (κ2) is 7.05. The molecule has 0 aromatic heterocycles. The molecule has 0 aliphatic rings. The van der Waals surface area contributed by atoms with Crippen LogP contribution in [0.15, 0.2) is 67.2 Å². The van der Waals surface area contributed by atoms with Gasteiger partial charge in [0, 0.05) is 5.57 Å². The molecule has 21 heavy (non-hydrogen) atoms. The van der Waals surface area contributed by atoms with Crippen molar-refractivity contribution in [2.24, 2.45) is 0 Å². The van der Waals surface area contributed by atoms with E-state index in [9.17, 15) is 9.59 Å². The molecule has 0 heterocycles. The second-order valence-corrected chi connectivity index (χ2v) is 4.36. The van der Waals surface area contributed by atoms with Crippen molar-refractivity contribution >= 4 is 17.6 Å². The Kier molecular flexibility index (Phi) is 4.88. The summed E-state index contributed by atoms with van der Waals surface area (Å²) in [4.78, 5) is 23.4. The molecule has 0 aliphatic heterocycles. The standard InChI is InChI=1S/C17H15NO3/c1-13(15-10-6-3-7-11-15)16(19)18-17(20)21-12-14-8-4-2-5-9-14/h2-11H,1,12H2,(H,18,19,20). The molecule has 0 aliphatic carbocycles. The van der Waals surface area contributed by atoms with Crippen LogP contribution < -0.4 is 5.32 Å². The van der Waals surface area contributed by atoms with Crippen LogP contribution in [0.4, 0.5) is 4.79 Å². The predicted molar refractivity (Wildman–Crippen MR) is 80.2 cm³/mol. The van der Waals surface area contributed by atoms with E-state index in [1.165, 1.54) is 0 Å². The zero-order valence-corrected chi connectivity index (χ0v) is 11.4. The molecule has 1 N–H and O–H groups in total. The smallest absolute Gasteiger partial charge is 0.414 e. The lowest BCUT2D eigenvalue weighted by atomic mass is 10.1. The SMILES string of the molecule is C=C(C(=O)NC(=O)OCc1ccccc1)c1ccccc1. The third-order valence-electron chi connectivity index (χ3n) is 2.82. The summed E-state index contributed by atoms with van der Waals surface area (Å²) < 4.78 is 4.97. The summed E-state index contributed by atoms with van der Waals surface area (Å²) in [5.74, 6) is -0.570. The van der Waals surface area contributed by atoms with E-state index in [0.717, 1.165) is 5.56 Å². The van der Waals surface area contributed by atoms with Gasteiger partial charge in [0.1, 0.15) is 6.61 Å². The van der Waals surface area contributed by atoms with Crippen LogP contribution in [0.1, 0.15) is 11.1 Å². The van der Waals surface area contributed by atoms with E-state index in [4.69, 9.17) is 4.74 Å². The fourth-order valence-electron chi connectivity index (χ4n) is 1.70. The van der Waals surface area contributed by atoms with E-state index in [1.54, 1.807) is 24.3 Å². The van der Waals surface area contributed by atoms with Gasteiger partial charge in [-0.25, -0.2) is 4.79 Å². The third-order valence-corrected chi connectivity index (χ3v) is 2.82. The normalized spacial score (nSPS) is 9.71. The Morgan fingerprint density at radius 2 is 1.52 bits per heavy atom. The average Bonchev–Trinajstić information content (AvgIpc) is 2.54. The number of hydrogen-bond donors (Lipinski definition) is 1. The van der Waals surface area contributed by atoms with Crippen molar-refractivity contribution in [2.45, 2.75) is 6.61 Å². The first kappa shape index (κ1) is 14.5. The van der Waals surface area contributed by atoms with Crippen LogP contribution in [0, 0.1) is 0 Å². The van der Waals surface area contributed by atoms with E-state index in [0.29, 0.717) is 5.56 Å². The Morgan fingerprint density at radius 1 is 0.952 bits per heavy atom. The van der Waals surface area contributed by atoms with Crippen molar-refractivity contribution in [1.82, 2.24) is 5.32 Å². The van der Waals surface area contributed by atoms with E-state index in [-0.39, 0.29) is 12.2 Å². The van der Waals surface area contributed by atoms with E-state index >= 15 is 0 Å². The minimum atomic E-state index is -0.791. The first-order valence-electron chi connectivity index (χ1n) is 6.43. The summed E-state index contributed by atoms with van der Waals surface area (Å²) in [6, 6.07) is 18.1. The minimum Gasteiger partial charge on any atom is -0.444 e. The van der Waals surface area contributed by atoms with Crippen molar-refractivity contribution in [3.8, 4) is 0 Å². The van der Waals surface area contributed by atoms with Crippen molar-refractivity contribution in [3.63, 3.8) is 0 Å². The highest BCUT2D eigenvalue weighted by molar-refractivity contribution is 6.22. The summed E-state index contributed by atoms with van der Waals surface area (Å²) in [5.41, 5.74) is 1.72. The van der Waals surface area contributed by atoms with Gasteiger partial charge in [-0.1, -0.05) is 67.2 Å². The monoisotopic (exact) mass is 281 g/mol. The molecule has 0 saturated heterocycles. The van der Waals surface area contributed by atoms with Crippen molar-refractivity contribution in [2.75, 3.05) is 0 Å². The molecule has 2 aromatic rings. The molecule has 4 nitrogen and oxygen atoms in total. The number of rotatable bonds is 4. The van der Waals surface area contributed by atoms with Gasteiger partial charge in [-0.3, -0.25) is 10.1 Å².